The molecule has 0 fully saturated rings. The van der Waals surface area contributed by atoms with Gasteiger partial charge in [-0.1, -0.05) is 11.6 Å². The van der Waals surface area contributed by atoms with Crippen LogP contribution in [-0.2, 0) is 10.0 Å². The fourth-order valence-corrected chi connectivity index (χ4v) is 4.01. The molecule has 0 bridgehead atoms. The van der Waals surface area contributed by atoms with E-state index in [0.717, 1.165) is 23.5 Å². The number of carbonyl (C=O) groups is 1. The molecule has 0 unspecified atom stereocenters. The van der Waals surface area contributed by atoms with Gasteiger partial charge in [0, 0.05) is 11.6 Å². The van der Waals surface area contributed by atoms with Crippen molar-refractivity contribution in [2.45, 2.75) is 11.8 Å². The predicted octanol–water partition coefficient (Wildman–Crippen LogP) is 3.22. The zero-order valence-electron chi connectivity index (χ0n) is 16.6. The van der Waals surface area contributed by atoms with Crippen molar-refractivity contribution in [1.82, 2.24) is 10.4 Å². The molecular weight excluding hydrogens is 498 g/mol. The standard InChI is InChI=1S/C17H14ClN7O6S2/c1-10(20-23-16(26)13-6-7-14(31-13)25(27)28)15(18)22-21-11-2-4-12(5-3-11)33(29,30)24-17-19-8-9-32-17/h2-9,21H,1H3,(H,19,24)(H,23,26)/b20-10+,22-15-. The lowest BCUT2D eigenvalue weighted by molar-refractivity contribution is -0.402. The third-order valence-corrected chi connectivity index (χ3v) is 6.25. The Morgan fingerprint density at radius 3 is 2.55 bits per heavy atom. The van der Waals surface area contributed by atoms with Crippen LogP contribution >= 0.6 is 22.9 Å². The molecule has 0 atom stereocenters. The Labute approximate surface area is 195 Å². The number of furan rings is 1. The van der Waals surface area contributed by atoms with Gasteiger partial charge in [-0.25, -0.2) is 18.8 Å². The summed E-state index contributed by atoms with van der Waals surface area (Å²) < 4.78 is 31.8. The molecule has 172 valence electrons. The van der Waals surface area contributed by atoms with Crippen LogP contribution in [0, 0.1) is 10.1 Å². The van der Waals surface area contributed by atoms with Crippen molar-refractivity contribution in [1.29, 1.82) is 0 Å². The first-order valence-corrected chi connectivity index (χ1v) is 11.5. The Hall–Kier alpha value is -3.82. The van der Waals surface area contributed by atoms with E-state index in [1.54, 1.807) is 5.38 Å². The number of hydrogen-bond donors (Lipinski definition) is 3. The van der Waals surface area contributed by atoms with Gasteiger partial charge in [0.05, 0.1) is 22.4 Å². The maximum Gasteiger partial charge on any atom is 0.433 e. The fourth-order valence-electron chi connectivity index (χ4n) is 2.13. The molecule has 33 heavy (non-hydrogen) atoms. The first-order chi connectivity index (χ1) is 15.7. The fraction of sp³-hybridized carbons (Fsp3) is 0.0588. The monoisotopic (exact) mass is 511 g/mol. The summed E-state index contributed by atoms with van der Waals surface area (Å²) in [6.45, 7) is 1.46. The molecule has 3 rings (SSSR count). The first kappa shape index (κ1) is 23.8. The van der Waals surface area contributed by atoms with Gasteiger partial charge in [-0.3, -0.25) is 25.1 Å². The second-order valence-electron chi connectivity index (χ2n) is 6.01. The second-order valence-corrected chi connectivity index (χ2v) is 8.95. The lowest BCUT2D eigenvalue weighted by Crippen LogP contribution is -2.20. The van der Waals surface area contributed by atoms with Crippen LogP contribution in [0.15, 0.2) is 67.5 Å². The minimum absolute atomic E-state index is 0.0249. The largest absolute Gasteiger partial charge is 0.433 e. The molecule has 2 aromatic heterocycles. The first-order valence-electron chi connectivity index (χ1n) is 8.76. The Morgan fingerprint density at radius 1 is 1.21 bits per heavy atom. The number of anilines is 2. The summed E-state index contributed by atoms with van der Waals surface area (Å²) in [5, 5.41) is 20.0. The Morgan fingerprint density at radius 2 is 1.94 bits per heavy atom. The number of benzene rings is 1. The van der Waals surface area contributed by atoms with Crippen molar-refractivity contribution < 1.29 is 22.6 Å². The molecule has 16 heteroatoms. The van der Waals surface area contributed by atoms with E-state index in [1.807, 2.05) is 0 Å². The summed E-state index contributed by atoms with van der Waals surface area (Å²) in [6.07, 6.45) is 1.48. The number of nitrogens with zero attached hydrogens (tertiary/aromatic N) is 4. The molecule has 0 radical (unpaired) electrons. The third-order valence-electron chi connectivity index (χ3n) is 3.72. The number of nitro groups is 1. The zero-order chi connectivity index (χ0) is 24.0. The number of halogens is 1. The van der Waals surface area contributed by atoms with Gasteiger partial charge >= 0.3 is 11.8 Å². The van der Waals surface area contributed by atoms with Crippen molar-refractivity contribution in [3.63, 3.8) is 0 Å². The normalized spacial score (nSPS) is 12.3. The van der Waals surface area contributed by atoms with Crippen LogP contribution in [0.1, 0.15) is 17.5 Å². The van der Waals surface area contributed by atoms with E-state index < -0.39 is 26.7 Å². The molecule has 0 aliphatic heterocycles. The number of rotatable bonds is 9. The maximum atomic E-state index is 12.3. The third kappa shape index (κ3) is 6.34. The van der Waals surface area contributed by atoms with Crippen molar-refractivity contribution >= 4 is 66.5 Å². The Balaban J connectivity index is 1.59. The van der Waals surface area contributed by atoms with E-state index in [2.05, 4.69) is 30.8 Å². The SMILES string of the molecule is CC(=N\NC(=O)c1ccc([N+](=O)[O-])o1)/C(Cl)=N/Nc1ccc(S(=O)(=O)Nc2nccs2)cc1. The predicted molar refractivity (Wildman–Crippen MR) is 122 cm³/mol. The van der Waals surface area contributed by atoms with Gasteiger partial charge in [0.2, 0.25) is 5.76 Å². The maximum absolute atomic E-state index is 12.3. The molecule has 2 heterocycles. The average Bonchev–Trinajstić information content (AvgIpc) is 3.48. The molecule has 0 spiro atoms. The zero-order valence-corrected chi connectivity index (χ0v) is 18.9. The molecule has 3 N–H and O–H groups in total. The van der Waals surface area contributed by atoms with Gasteiger partial charge in [0.15, 0.2) is 10.3 Å². The van der Waals surface area contributed by atoms with Crippen molar-refractivity contribution in [2.24, 2.45) is 10.2 Å². The highest BCUT2D eigenvalue weighted by molar-refractivity contribution is 7.93. The van der Waals surface area contributed by atoms with Crippen molar-refractivity contribution in [2.75, 3.05) is 10.1 Å². The van der Waals surface area contributed by atoms with Crippen molar-refractivity contribution in [3.05, 3.63) is 63.8 Å². The average molecular weight is 512 g/mol. The lowest BCUT2D eigenvalue weighted by atomic mass is 10.3. The number of amides is 1. The summed E-state index contributed by atoms with van der Waals surface area (Å²) in [6, 6.07) is 7.85. The van der Waals surface area contributed by atoms with Crippen LogP contribution < -0.4 is 15.6 Å². The number of nitrogens with one attached hydrogen (secondary N) is 3. The van der Waals surface area contributed by atoms with E-state index in [-0.39, 0.29) is 26.7 Å². The van der Waals surface area contributed by atoms with E-state index in [0.29, 0.717) is 5.69 Å². The summed E-state index contributed by atoms with van der Waals surface area (Å²) in [7, 11) is -3.78. The number of thiazole rings is 1. The molecule has 13 nitrogen and oxygen atoms in total. The van der Waals surface area contributed by atoms with E-state index in [1.165, 1.54) is 37.4 Å². The highest BCUT2D eigenvalue weighted by Crippen LogP contribution is 2.19. The Bertz CT molecular complexity index is 1320. The minimum Gasteiger partial charge on any atom is -0.395 e. The smallest absolute Gasteiger partial charge is 0.395 e. The van der Waals surface area contributed by atoms with Gasteiger partial charge in [0.25, 0.3) is 10.0 Å². The van der Waals surface area contributed by atoms with Crippen LogP contribution in [0.4, 0.5) is 16.7 Å². The van der Waals surface area contributed by atoms with Gasteiger partial charge < -0.3 is 4.42 Å². The van der Waals surface area contributed by atoms with Gasteiger partial charge in [0.1, 0.15) is 4.92 Å². The van der Waals surface area contributed by atoms with E-state index in [9.17, 15) is 23.3 Å². The van der Waals surface area contributed by atoms with Crippen molar-refractivity contribution in [3.8, 4) is 0 Å². The number of hydrogen-bond acceptors (Lipinski definition) is 11. The van der Waals surface area contributed by atoms with E-state index >= 15 is 0 Å². The van der Waals surface area contributed by atoms with Gasteiger partial charge in [-0.15, -0.1) is 11.3 Å². The summed E-state index contributed by atoms with van der Waals surface area (Å²) in [4.78, 5) is 25.6. The lowest BCUT2D eigenvalue weighted by Gasteiger charge is -2.06. The summed E-state index contributed by atoms with van der Waals surface area (Å²) >= 11 is 7.17. The topological polar surface area (TPSA) is 181 Å². The minimum atomic E-state index is -3.78. The molecule has 1 aromatic carbocycles. The quantitative estimate of drug-likeness (QED) is 0.222. The van der Waals surface area contributed by atoms with Gasteiger partial charge in [-0.2, -0.15) is 10.2 Å². The molecule has 0 saturated carbocycles. The van der Waals surface area contributed by atoms with Crippen LogP contribution in [-0.4, -0.2) is 35.1 Å². The summed E-state index contributed by atoms with van der Waals surface area (Å²) in [5.41, 5.74) is 5.31. The molecule has 3 aromatic rings. The van der Waals surface area contributed by atoms with Crippen LogP contribution in [0.5, 0.6) is 0 Å². The number of sulfonamides is 1. The van der Waals surface area contributed by atoms with Crippen LogP contribution in [0.2, 0.25) is 0 Å². The molecule has 0 aliphatic carbocycles. The van der Waals surface area contributed by atoms with E-state index in [4.69, 9.17) is 16.0 Å². The Kier molecular flexibility index (Phi) is 7.37. The summed E-state index contributed by atoms with van der Waals surface area (Å²) in [5.74, 6) is -1.70. The number of hydrazone groups is 2. The highest BCUT2D eigenvalue weighted by Gasteiger charge is 2.17. The molecule has 1 amide bonds. The number of aromatic nitrogens is 1. The van der Waals surface area contributed by atoms with Crippen LogP contribution in [0.3, 0.4) is 0 Å². The highest BCUT2D eigenvalue weighted by atomic mass is 35.5. The molecular formula is C17H14ClN7O6S2. The second kappa shape index (κ2) is 10.2. The molecule has 0 aliphatic rings. The number of carbonyl (C=O) groups excluding carboxylic acids is 1. The van der Waals surface area contributed by atoms with Gasteiger partial charge in [-0.05, 0) is 37.3 Å². The molecule has 0 saturated heterocycles. The van der Waals surface area contributed by atoms with Crippen LogP contribution in [0.25, 0.3) is 0 Å².